The molecule has 0 aromatic heterocycles. The third-order valence-corrected chi connectivity index (χ3v) is 2.01. The SMILES string of the molecule is CCOC(=O)[C@@H](N[C@@H](C)C(=O)O)C(C)C. The molecule has 15 heavy (non-hydrogen) atoms. The molecule has 0 unspecified atom stereocenters. The highest BCUT2D eigenvalue weighted by Crippen LogP contribution is 2.05. The molecule has 0 aliphatic carbocycles. The van der Waals surface area contributed by atoms with Crippen LogP contribution in [-0.4, -0.2) is 35.7 Å². The van der Waals surface area contributed by atoms with E-state index in [1.54, 1.807) is 6.92 Å². The second kappa shape index (κ2) is 6.40. The Morgan fingerprint density at radius 3 is 2.20 bits per heavy atom. The van der Waals surface area contributed by atoms with E-state index in [9.17, 15) is 9.59 Å². The molecule has 0 saturated carbocycles. The first-order valence-electron chi connectivity index (χ1n) is 5.05. The molecule has 0 spiro atoms. The molecular weight excluding hydrogens is 198 g/mol. The molecule has 0 saturated heterocycles. The summed E-state index contributed by atoms with van der Waals surface area (Å²) in [5.74, 6) is -1.39. The molecule has 0 fully saturated rings. The molecule has 0 amide bonds. The number of rotatable bonds is 6. The largest absolute Gasteiger partial charge is 0.480 e. The summed E-state index contributed by atoms with van der Waals surface area (Å²) in [5.41, 5.74) is 0. The van der Waals surface area contributed by atoms with Gasteiger partial charge in [-0.2, -0.15) is 0 Å². The molecule has 0 radical (unpaired) electrons. The van der Waals surface area contributed by atoms with Gasteiger partial charge in [0.1, 0.15) is 12.1 Å². The van der Waals surface area contributed by atoms with E-state index in [4.69, 9.17) is 9.84 Å². The molecule has 5 nitrogen and oxygen atoms in total. The van der Waals surface area contributed by atoms with Gasteiger partial charge in [-0.3, -0.25) is 14.9 Å². The number of esters is 1. The number of carbonyl (C=O) groups excluding carboxylic acids is 1. The maximum atomic E-state index is 11.5. The standard InChI is InChI=1S/C10H19NO4/c1-5-15-10(14)8(6(2)3)11-7(4)9(12)13/h6-8,11H,5H2,1-4H3,(H,12,13)/t7-,8-/m0/s1. The van der Waals surface area contributed by atoms with Crippen molar-refractivity contribution in [3.8, 4) is 0 Å². The zero-order chi connectivity index (χ0) is 12.0. The van der Waals surface area contributed by atoms with Crippen LogP contribution in [0.2, 0.25) is 0 Å². The number of carbonyl (C=O) groups is 2. The predicted molar refractivity (Wildman–Crippen MR) is 55.5 cm³/mol. The van der Waals surface area contributed by atoms with Crippen LogP contribution in [0.25, 0.3) is 0 Å². The first-order chi connectivity index (χ1) is 6.90. The second-order valence-corrected chi connectivity index (χ2v) is 3.70. The number of nitrogens with one attached hydrogen (secondary N) is 1. The molecular formula is C10H19NO4. The molecule has 0 rings (SSSR count). The van der Waals surface area contributed by atoms with Gasteiger partial charge in [-0.25, -0.2) is 0 Å². The fourth-order valence-corrected chi connectivity index (χ4v) is 1.11. The van der Waals surface area contributed by atoms with Crippen LogP contribution in [0, 0.1) is 5.92 Å². The van der Waals surface area contributed by atoms with Crippen molar-refractivity contribution in [3.63, 3.8) is 0 Å². The van der Waals surface area contributed by atoms with Crippen molar-refractivity contribution in [3.05, 3.63) is 0 Å². The smallest absolute Gasteiger partial charge is 0.323 e. The average molecular weight is 217 g/mol. The minimum Gasteiger partial charge on any atom is -0.480 e. The van der Waals surface area contributed by atoms with Crippen molar-refractivity contribution in [2.24, 2.45) is 5.92 Å². The summed E-state index contributed by atoms with van der Waals surface area (Å²) >= 11 is 0. The topological polar surface area (TPSA) is 75.6 Å². The molecule has 0 aliphatic heterocycles. The number of carboxylic acids is 1. The van der Waals surface area contributed by atoms with Crippen molar-refractivity contribution in [2.75, 3.05) is 6.61 Å². The van der Waals surface area contributed by atoms with Gasteiger partial charge >= 0.3 is 11.9 Å². The summed E-state index contributed by atoms with van der Waals surface area (Å²) < 4.78 is 4.85. The lowest BCUT2D eigenvalue weighted by Crippen LogP contribution is -2.49. The number of hydrogen-bond acceptors (Lipinski definition) is 4. The van der Waals surface area contributed by atoms with Crippen LogP contribution in [0.15, 0.2) is 0 Å². The summed E-state index contributed by atoms with van der Waals surface area (Å²) in [7, 11) is 0. The Balaban J connectivity index is 4.40. The van der Waals surface area contributed by atoms with Gasteiger partial charge in [0, 0.05) is 0 Å². The predicted octanol–water partition coefficient (Wildman–Crippen LogP) is 0.637. The van der Waals surface area contributed by atoms with Crippen molar-refractivity contribution < 1.29 is 19.4 Å². The number of carboxylic acid groups (broad SMARTS) is 1. The summed E-state index contributed by atoms with van der Waals surface area (Å²) in [6.45, 7) is 7.18. The van der Waals surface area contributed by atoms with Crippen molar-refractivity contribution >= 4 is 11.9 Å². The van der Waals surface area contributed by atoms with E-state index in [0.717, 1.165) is 0 Å². The zero-order valence-electron chi connectivity index (χ0n) is 9.61. The van der Waals surface area contributed by atoms with Gasteiger partial charge in [0.05, 0.1) is 6.61 Å². The van der Waals surface area contributed by atoms with E-state index < -0.39 is 24.0 Å². The van der Waals surface area contributed by atoms with E-state index in [0.29, 0.717) is 6.61 Å². The van der Waals surface area contributed by atoms with Crippen LogP contribution in [0.4, 0.5) is 0 Å². The molecule has 88 valence electrons. The van der Waals surface area contributed by atoms with Crippen LogP contribution in [-0.2, 0) is 14.3 Å². The van der Waals surface area contributed by atoms with Crippen LogP contribution >= 0.6 is 0 Å². The molecule has 0 aliphatic rings. The van der Waals surface area contributed by atoms with Gasteiger partial charge in [0.2, 0.25) is 0 Å². The Labute approximate surface area is 89.8 Å². The summed E-state index contributed by atoms with van der Waals surface area (Å²) in [6.07, 6.45) is 0. The summed E-state index contributed by atoms with van der Waals surface area (Å²) in [6, 6.07) is -1.34. The average Bonchev–Trinajstić information content (AvgIpc) is 2.13. The van der Waals surface area contributed by atoms with Gasteiger partial charge in [-0.15, -0.1) is 0 Å². The lowest BCUT2D eigenvalue weighted by atomic mass is 10.0. The highest BCUT2D eigenvalue weighted by atomic mass is 16.5. The maximum Gasteiger partial charge on any atom is 0.323 e. The molecule has 2 atom stereocenters. The van der Waals surface area contributed by atoms with E-state index in [2.05, 4.69) is 5.32 Å². The van der Waals surface area contributed by atoms with Crippen LogP contribution in [0.5, 0.6) is 0 Å². The van der Waals surface area contributed by atoms with Gasteiger partial charge < -0.3 is 9.84 Å². The van der Waals surface area contributed by atoms with Gasteiger partial charge in [0.25, 0.3) is 0 Å². The van der Waals surface area contributed by atoms with Crippen molar-refractivity contribution in [1.82, 2.24) is 5.32 Å². The minimum atomic E-state index is -0.982. The van der Waals surface area contributed by atoms with Gasteiger partial charge in [-0.05, 0) is 19.8 Å². The highest BCUT2D eigenvalue weighted by molar-refractivity contribution is 5.78. The van der Waals surface area contributed by atoms with Crippen molar-refractivity contribution in [2.45, 2.75) is 39.8 Å². The Morgan fingerprint density at radius 2 is 1.87 bits per heavy atom. The van der Waals surface area contributed by atoms with Gasteiger partial charge in [0.15, 0.2) is 0 Å². The molecule has 0 aromatic carbocycles. The van der Waals surface area contributed by atoms with Gasteiger partial charge in [-0.1, -0.05) is 13.8 Å². The number of hydrogen-bond donors (Lipinski definition) is 2. The maximum absolute atomic E-state index is 11.5. The molecule has 0 heterocycles. The van der Waals surface area contributed by atoms with Crippen LogP contribution in [0.3, 0.4) is 0 Å². The first-order valence-corrected chi connectivity index (χ1v) is 5.05. The fraction of sp³-hybridized carbons (Fsp3) is 0.800. The van der Waals surface area contributed by atoms with E-state index in [-0.39, 0.29) is 5.92 Å². The third kappa shape index (κ3) is 4.78. The summed E-state index contributed by atoms with van der Waals surface area (Å²) in [5, 5.41) is 11.4. The lowest BCUT2D eigenvalue weighted by Gasteiger charge is -2.22. The monoisotopic (exact) mass is 217 g/mol. The quantitative estimate of drug-likeness (QED) is 0.638. The lowest BCUT2D eigenvalue weighted by molar-refractivity contribution is -0.148. The summed E-state index contributed by atoms with van der Waals surface area (Å²) in [4.78, 5) is 22.1. The number of ether oxygens (including phenoxy) is 1. The van der Waals surface area contributed by atoms with Crippen LogP contribution in [0.1, 0.15) is 27.7 Å². The Bertz CT molecular complexity index is 227. The third-order valence-electron chi connectivity index (χ3n) is 2.01. The Morgan fingerprint density at radius 1 is 1.33 bits per heavy atom. The number of aliphatic carboxylic acids is 1. The van der Waals surface area contributed by atoms with E-state index >= 15 is 0 Å². The molecule has 5 heteroatoms. The Kier molecular flexibility index (Phi) is 5.93. The van der Waals surface area contributed by atoms with E-state index in [1.807, 2.05) is 13.8 Å². The van der Waals surface area contributed by atoms with Crippen LogP contribution < -0.4 is 5.32 Å². The molecule has 2 N–H and O–H groups in total. The molecule has 0 aromatic rings. The Hall–Kier alpha value is -1.10. The normalized spacial score (nSPS) is 14.7. The van der Waals surface area contributed by atoms with Crippen molar-refractivity contribution in [1.29, 1.82) is 0 Å². The highest BCUT2D eigenvalue weighted by Gasteiger charge is 2.26. The first kappa shape index (κ1) is 13.9. The zero-order valence-corrected chi connectivity index (χ0v) is 9.61. The van der Waals surface area contributed by atoms with E-state index in [1.165, 1.54) is 6.92 Å². The second-order valence-electron chi connectivity index (χ2n) is 3.70. The fourth-order valence-electron chi connectivity index (χ4n) is 1.11. The minimum absolute atomic E-state index is 0.00847. The molecule has 0 bridgehead atoms.